The summed E-state index contributed by atoms with van der Waals surface area (Å²) >= 11 is 1.64. The van der Waals surface area contributed by atoms with Crippen LogP contribution in [0, 0.1) is 5.92 Å². The van der Waals surface area contributed by atoms with E-state index in [1.54, 1.807) is 36.0 Å². The lowest BCUT2D eigenvalue weighted by molar-refractivity contribution is -0.119. The van der Waals surface area contributed by atoms with Crippen LogP contribution in [0.25, 0.3) is 0 Å². The molecule has 1 aromatic carbocycles. The van der Waals surface area contributed by atoms with Crippen LogP contribution in [-0.4, -0.2) is 32.1 Å². The van der Waals surface area contributed by atoms with E-state index in [2.05, 4.69) is 19.2 Å². The van der Waals surface area contributed by atoms with Crippen molar-refractivity contribution >= 4 is 27.5 Å². The van der Waals surface area contributed by atoms with Crippen molar-refractivity contribution in [1.82, 2.24) is 5.32 Å². The Bertz CT molecular complexity index is 580. The average molecular weight is 344 g/mol. The summed E-state index contributed by atoms with van der Waals surface area (Å²) in [7, 11) is -3.18. The maximum absolute atomic E-state index is 11.9. The van der Waals surface area contributed by atoms with Crippen LogP contribution in [0.3, 0.4) is 0 Å². The van der Waals surface area contributed by atoms with Gasteiger partial charge in [-0.1, -0.05) is 26.0 Å². The highest BCUT2D eigenvalue weighted by Crippen LogP contribution is 2.16. The van der Waals surface area contributed by atoms with Crippen molar-refractivity contribution in [2.45, 2.75) is 38.1 Å². The predicted octanol–water partition coefficient (Wildman–Crippen LogP) is 3.05. The Balaban J connectivity index is 2.47. The Morgan fingerprint density at radius 2 is 1.77 bits per heavy atom. The van der Waals surface area contributed by atoms with E-state index in [0.717, 1.165) is 17.7 Å². The monoisotopic (exact) mass is 343 g/mol. The normalized spacial score (nSPS) is 13.1. The average Bonchev–Trinajstić information content (AvgIpc) is 2.42. The minimum Gasteiger partial charge on any atom is -0.349 e. The maximum atomic E-state index is 11.9. The fourth-order valence-corrected chi connectivity index (χ4v) is 3.54. The summed E-state index contributed by atoms with van der Waals surface area (Å²) in [6, 6.07) is 6.50. The van der Waals surface area contributed by atoms with Crippen LogP contribution in [0.4, 0.5) is 0 Å². The summed E-state index contributed by atoms with van der Waals surface area (Å²) in [5.41, 5.74) is 0.896. The Labute approximate surface area is 138 Å². The van der Waals surface area contributed by atoms with Crippen molar-refractivity contribution < 1.29 is 13.2 Å². The topological polar surface area (TPSA) is 63.2 Å². The number of benzene rings is 1. The minimum absolute atomic E-state index is 0.00782. The molecule has 6 heteroatoms. The van der Waals surface area contributed by atoms with E-state index in [1.807, 2.05) is 6.92 Å². The number of hydrogen-bond acceptors (Lipinski definition) is 4. The van der Waals surface area contributed by atoms with Crippen molar-refractivity contribution in [2.75, 3.05) is 17.8 Å². The van der Waals surface area contributed by atoms with Crippen molar-refractivity contribution in [3.05, 3.63) is 29.8 Å². The van der Waals surface area contributed by atoms with Gasteiger partial charge in [0.1, 0.15) is 0 Å². The molecule has 0 saturated carbocycles. The van der Waals surface area contributed by atoms with Gasteiger partial charge < -0.3 is 5.32 Å². The van der Waals surface area contributed by atoms with E-state index in [0.29, 0.717) is 16.6 Å². The number of thioether (sulfide) groups is 1. The summed E-state index contributed by atoms with van der Waals surface area (Å²) < 4.78 is 22.8. The number of sulfone groups is 1. The second-order valence-electron chi connectivity index (χ2n) is 5.87. The van der Waals surface area contributed by atoms with Crippen LogP contribution in [-0.2, 0) is 14.6 Å². The lowest BCUT2D eigenvalue weighted by Crippen LogP contribution is -2.28. The van der Waals surface area contributed by atoms with Crippen LogP contribution < -0.4 is 5.32 Å². The van der Waals surface area contributed by atoms with Crippen molar-refractivity contribution in [3.8, 4) is 0 Å². The molecule has 0 fully saturated rings. The molecule has 1 aromatic rings. The fourth-order valence-electron chi connectivity index (χ4n) is 1.85. The number of carbonyl (C=O) groups is 1. The molecule has 22 heavy (non-hydrogen) atoms. The highest BCUT2D eigenvalue weighted by molar-refractivity contribution is 7.99. The SMILES string of the molecule is CC(C)CCSCC(=O)NC(C)c1ccc(S(C)(=O)=O)cc1. The van der Waals surface area contributed by atoms with E-state index < -0.39 is 9.84 Å². The predicted molar refractivity (Wildman–Crippen MR) is 92.9 cm³/mol. The van der Waals surface area contributed by atoms with Crippen LogP contribution in [0.5, 0.6) is 0 Å². The first-order valence-corrected chi connectivity index (χ1v) is 10.4. The Hall–Kier alpha value is -1.01. The quantitative estimate of drug-likeness (QED) is 0.737. The third-order valence-corrected chi connectivity index (χ3v) is 5.38. The van der Waals surface area contributed by atoms with Crippen molar-refractivity contribution in [2.24, 2.45) is 5.92 Å². The number of hydrogen-bond donors (Lipinski definition) is 1. The lowest BCUT2D eigenvalue weighted by Gasteiger charge is -2.14. The molecule has 1 rings (SSSR count). The molecule has 124 valence electrons. The van der Waals surface area contributed by atoms with Gasteiger partial charge in [-0.05, 0) is 42.7 Å². The van der Waals surface area contributed by atoms with E-state index >= 15 is 0 Å². The molecule has 0 aliphatic rings. The summed E-state index contributed by atoms with van der Waals surface area (Å²) in [6.07, 6.45) is 2.29. The van der Waals surface area contributed by atoms with Gasteiger partial charge in [0.25, 0.3) is 0 Å². The first-order chi connectivity index (χ1) is 10.2. The number of carbonyl (C=O) groups excluding carboxylic acids is 1. The number of nitrogens with one attached hydrogen (secondary N) is 1. The zero-order valence-corrected chi connectivity index (χ0v) is 15.3. The zero-order valence-electron chi connectivity index (χ0n) is 13.6. The molecule has 1 atom stereocenters. The molecule has 0 spiro atoms. The van der Waals surface area contributed by atoms with E-state index in [1.165, 1.54) is 6.26 Å². The molecule has 0 saturated heterocycles. The highest BCUT2D eigenvalue weighted by atomic mass is 32.2. The van der Waals surface area contributed by atoms with Gasteiger partial charge >= 0.3 is 0 Å². The third-order valence-electron chi connectivity index (χ3n) is 3.26. The second-order valence-corrected chi connectivity index (χ2v) is 8.99. The maximum Gasteiger partial charge on any atom is 0.230 e. The van der Waals surface area contributed by atoms with Crippen LogP contribution in [0.1, 0.15) is 38.8 Å². The van der Waals surface area contributed by atoms with Gasteiger partial charge in [-0.3, -0.25) is 4.79 Å². The van der Waals surface area contributed by atoms with Gasteiger partial charge in [-0.2, -0.15) is 11.8 Å². The molecular formula is C16H25NO3S2. The van der Waals surface area contributed by atoms with Crippen LogP contribution in [0.2, 0.25) is 0 Å². The van der Waals surface area contributed by atoms with Crippen LogP contribution in [0.15, 0.2) is 29.2 Å². The first-order valence-electron chi connectivity index (χ1n) is 7.37. The van der Waals surface area contributed by atoms with Crippen LogP contribution >= 0.6 is 11.8 Å². The molecule has 0 heterocycles. The standard InChI is InChI=1S/C16H25NO3S2/c1-12(2)9-10-21-11-16(18)17-13(3)14-5-7-15(8-6-14)22(4,19)20/h5-8,12-13H,9-11H2,1-4H3,(H,17,18). The van der Waals surface area contributed by atoms with Gasteiger partial charge in [-0.15, -0.1) is 0 Å². The molecule has 1 amide bonds. The molecular weight excluding hydrogens is 318 g/mol. The highest BCUT2D eigenvalue weighted by Gasteiger charge is 2.12. The molecule has 0 bridgehead atoms. The molecule has 1 N–H and O–H groups in total. The Morgan fingerprint density at radius 3 is 2.27 bits per heavy atom. The molecule has 1 unspecified atom stereocenters. The van der Waals surface area contributed by atoms with E-state index in [9.17, 15) is 13.2 Å². The molecule has 4 nitrogen and oxygen atoms in total. The number of amides is 1. The smallest absolute Gasteiger partial charge is 0.230 e. The van der Waals surface area contributed by atoms with Crippen molar-refractivity contribution in [3.63, 3.8) is 0 Å². The largest absolute Gasteiger partial charge is 0.349 e. The third kappa shape index (κ3) is 6.83. The second kappa shape index (κ2) is 8.58. The fraction of sp³-hybridized carbons (Fsp3) is 0.562. The molecule has 0 aliphatic carbocycles. The summed E-state index contributed by atoms with van der Waals surface area (Å²) in [5.74, 6) is 2.11. The molecule has 0 aliphatic heterocycles. The van der Waals surface area contributed by atoms with Gasteiger partial charge in [0.15, 0.2) is 9.84 Å². The molecule has 0 radical (unpaired) electrons. The van der Waals surface area contributed by atoms with Gasteiger partial charge in [-0.25, -0.2) is 8.42 Å². The lowest BCUT2D eigenvalue weighted by atomic mass is 10.1. The molecule has 0 aromatic heterocycles. The van der Waals surface area contributed by atoms with Gasteiger partial charge in [0, 0.05) is 6.26 Å². The first kappa shape index (κ1) is 19.0. The minimum atomic E-state index is -3.18. The van der Waals surface area contributed by atoms with Gasteiger partial charge in [0.05, 0.1) is 16.7 Å². The zero-order chi connectivity index (χ0) is 16.8. The van der Waals surface area contributed by atoms with Gasteiger partial charge in [0.2, 0.25) is 5.91 Å². The summed E-state index contributed by atoms with van der Waals surface area (Å²) in [6.45, 7) is 6.23. The Kier molecular flexibility index (Phi) is 7.42. The summed E-state index contributed by atoms with van der Waals surface area (Å²) in [4.78, 5) is 12.2. The number of rotatable bonds is 8. The van der Waals surface area contributed by atoms with E-state index in [4.69, 9.17) is 0 Å². The van der Waals surface area contributed by atoms with E-state index in [-0.39, 0.29) is 11.9 Å². The Morgan fingerprint density at radius 1 is 1.18 bits per heavy atom. The van der Waals surface area contributed by atoms with Crippen molar-refractivity contribution in [1.29, 1.82) is 0 Å². The summed E-state index contributed by atoms with van der Waals surface area (Å²) in [5, 5.41) is 2.93.